The molecule has 0 aliphatic carbocycles. The van der Waals surface area contributed by atoms with Crippen LogP contribution >= 0.6 is 0 Å². The van der Waals surface area contributed by atoms with Crippen molar-refractivity contribution in [2.24, 2.45) is 0 Å². The monoisotopic (exact) mass is 333 g/mol. The molecule has 0 bridgehead atoms. The van der Waals surface area contributed by atoms with Gasteiger partial charge in [-0.15, -0.1) is 0 Å². The maximum Gasteiger partial charge on any atom is 0.410 e. The third-order valence-corrected chi connectivity index (χ3v) is 3.89. The minimum atomic E-state index is -0.474. The fourth-order valence-electron chi connectivity index (χ4n) is 2.60. The van der Waals surface area contributed by atoms with Crippen LogP contribution in [0.3, 0.4) is 0 Å². The van der Waals surface area contributed by atoms with E-state index in [1.54, 1.807) is 29.2 Å². The molecular weight excluding hydrogens is 306 g/mol. The zero-order valence-corrected chi connectivity index (χ0v) is 14.7. The largest absolute Gasteiger partial charge is 0.444 e. The Kier molecular flexibility index (Phi) is 5.83. The summed E-state index contributed by atoms with van der Waals surface area (Å²) in [5.74, 6) is 0.0943. The molecular formula is C18H27N3O3. The summed E-state index contributed by atoms with van der Waals surface area (Å²) in [7, 11) is 0. The second kappa shape index (κ2) is 7.66. The maximum atomic E-state index is 12.2. The molecule has 1 aliphatic rings. The Hall–Kier alpha value is -2.08. The average Bonchev–Trinajstić information content (AvgIpc) is 2.51. The zero-order chi connectivity index (χ0) is 17.7. The van der Waals surface area contributed by atoms with Gasteiger partial charge in [-0.2, -0.15) is 0 Å². The molecule has 0 spiro atoms. The average molecular weight is 333 g/mol. The molecule has 6 heteroatoms. The maximum absolute atomic E-state index is 12.2. The standard InChI is InChI=1S/C18H27N3O3/c1-18(2,3)24-17(23)21-11-9-20(10-12-21)8-7-16(22)14-5-4-6-15(19)13-14/h4-6,13H,7-12,19H2,1-3H3. The van der Waals surface area contributed by atoms with E-state index >= 15 is 0 Å². The van der Waals surface area contributed by atoms with Crippen molar-refractivity contribution in [3.05, 3.63) is 29.8 Å². The minimum Gasteiger partial charge on any atom is -0.444 e. The molecule has 1 fully saturated rings. The Morgan fingerprint density at radius 2 is 1.83 bits per heavy atom. The lowest BCUT2D eigenvalue weighted by atomic mass is 10.1. The number of hydrogen-bond acceptors (Lipinski definition) is 5. The number of rotatable bonds is 4. The Morgan fingerprint density at radius 3 is 2.42 bits per heavy atom. The highest BCUT2D eigenvalue weighted by Gasteiger charge is 2.25. The number of ether oxygens (including phenoxy) is 1. The van der Waals surface area contributed by atoms with Crippen LogP contribution in [0.2, 0.25) is 0 Å². The SMILES string of the molecule is CC(C)(C)OC(=O)N1CCN(CCC(=O)c2cccc(N)c2)CC1. The summed E-state index contributed by atoms with van der Waals surface area (Å²) in [5, 5.41) is 0. The quantitative estimate of drug-likeness (QED) is 0.676. The predicted octanol–water partition coefficient (Wildman–Crippen LogP) is 2.39. The molecule has 1 heterocycles. The van der Waals surface area contributed by atoms with Crippen molar-refractivity contribution >= 4 is 17.6 Å². The second-order valence-electron chi connectivity index (χ2n) is 7.11. The van der Waals surface area contributed by atoms with E-state index in [0.29, 0.717) is 37.3 Å². The van der Waals surface area contributed by atoms with Gasteiger partial charge in [-0.25, -0.2) is 4.79 Å². The van der Waals surface area contributed by atoms with E-state index < -0.39 is 5.60 Å². The van der Waals surface area contributed by atoms with E-state index in [9.17, 15) is 9.59 Å². The summed E-state index contributed by atoms with van der Waals surface area (Å²) in [5.41, 5.74) is 6.50. The molecule has 0 radical (unpaired) electrons. The fraction of sp³-hybridized carbons (Fsp3) is 0.556. The van der Waals surface area contributed by atoms with Crippen molar-refractivity contribution in [1.82, 2.24) is 9.80 Å². The third-order valence-electron chi connectivity index (χ3n) is 3.89. The van der Waals surface area contributed by atoms with Crippen molar-refractivity contribution < 1.29 is 14.3 Å². The highest BCUT2D eigenvalue weighted by atomic mass is 16.6. The van der Waals surface area contributed by atoms with Gasteiger partial charge in [0.15, 0.2) is 5.78 Å². The number of ketones is 1. The van der Waals surface area contributed by atoms with E-state index in [0.717, 1.165) is 13.1 Å². The van der Waals surface area contributed by atoms with Gasteiger partial charge < -0.3 is 15.4 Å². The Bertz CT molecular complexity index is 587. The molecule has 0 atom stereocenters. The summed E-state index contributed by atoms with van der Waals surface area (Å²) >= 11 is 0. The van der Waals surface area contributed by atoms with E-state index in [2.05, 4.69) is 4.90 Å². The van der Waals surface area contributed by atoms with Crippen molar-refractivity contribution in [3.63, 3.8) is 0 Å². The van der Waals surface area contributed by atoms with Gasteiger partial charge >= 0.3 is 6.09 Å². The first-order valence-corrected chi connectivity index (χ1v) is 8.33. The molecule has 0 unspecified atom stereocenters. The van der Waals surface area contributed by atoms with Crippen LogP contribution in [0.1, 0.15) is 37.6 Å². The van der Waals surface area contributed by atoms with Crippen LogP contribution in [-0.2, 0) is 4.74 Å². The Morgan fingerprint density at radius 1 is 1.17 bits per heavy atom. The number of carbonyl (C=O) groups excluding carboxylic acids is 2. The van der Waals surface area contributed by atoms with Crippen LogP contribution in [-0.4, -0.2) is 60.0 Å². The van der Waals surface area contributed by atoms with Gasteiger partial charge in [-0.1, -0.05) is 12.1 Å². The number of nitrogens with two attached hydrogens (primary N) is 1. The highest BCUT2D eigenvalue weighted by Crippen LogP contribution is 2.13. The topological polar surface area (TPSA) is 75.9 Å². The summed E-state index contributed by atoms with van der Waals surface area (Å²) in [6, 6.07) is 7.07. The molecule has 0 aromatic heterocycles. The molecule has 1 aromatic carbocycles. The number of nitrogens with zero attached hydrogens (tertiary/aromatic N) is 2. The zero-order valence-electron chi connectivity index (χ0n) is 14.7. The fourth-order valence-corrected chi connectivity index (χ4v) is 2.60. The number of amides is 1. The molecule has 2 N–H and O–H groups in total. The predicted molar refractivity (Wildman–Crippen MR) is 94.0 cm³/mol. The second-order valence-corrected chi connectivity index (χ2v) is 7.11. The lowest BCUT2D eigenvalue weighted by molar-refractivity contribution is 0.0144. The summed E-state index contributed by atoms with van der Waals surface area (Å²) in [4.78, 5) is 28.1. The van der Waals surface area contributed by atoms with Crippen molar-refractivity contribution in [2.45, 2.75) is 32.8 Å². The van der Waals surface area contributed by atoms with Gasteiger partial charge in [-0.3, -0.25) is 9.69 Å². The van der Waals surface area contributed by atoms with Crippen LogP contribution in [0.4, 0.5) is 10.5 Å². The normalized spacial score (nSPS) is 16.0. The van der Waals surface area contributed by atoms with Gasteiger partial charge in [0.25, 0.3) is 0 Å². The van der Waals surface area contributed by atoms with Gasteiger partial charge in [0.05, 0.1) is 0 Å². The first-order chi connectivity index (χ1) is 11.2. The first kappa shape index (κ1) is 18.3. The number of piperazine rings is 1. The van der Waals surface area contributed by atoms with Crippen LogP contribution < -0.4 is 5.73 Å². The highest BCUT2D eigenvalue weighted by molar-refractivity contribution is 5.96. The first-order valence-electron chi connectivity index (χ1n) is 8.33. The molecule has 1 saturated heterocycles. The molecule has 0 saturated carbocycles. The number of Topliss-reactive ketones (excluding diaryl/α,β-unsaturated/α-hetero) is 1. The van der Waals surface area contributed by atoms with E-state index in [4.69, 9.17) is 10.5 Å². The number of hydrogen-bond donors (Lipinski definition) is 1. The van der Waals surface area contributed by atoms with Crippen LogP contribution in [0, 0.1) is 0 Å². The molecule has 1 amide bonds. The van der Waals surface area contributed by atoms with Crippen molar-refractivity contribution in [3.8, 4) is 0 Å². The van der Waals surface area contributed by atoms with Crippen molar-refractivity contribution in [1.29, 1.82) is 0 Å². The van der Waals surface area contributed by atoms with Crippen LogP contribution in [0.5, 0.6) is 0 Å². The van der Waals surface area contributed by atoms with Crippen LogP contribution in [0.15, 0.2) is 24.3 Å². The molecule has 1 aromatic rings. The molecule has 6 nitrogen and oxygen atoms in total. The lowest BCUT2D eigenvalue weighted by Crippen LogP contribution is -2.50. The molecule has 24 heavy (non-hydrogen) atoms. The van der Waals surface area contributed by atoms with Gasteiger partial charge in [0.2, 0.25) is 0 Å². The number of anilines is 1. The number of nitrogen functional groups attached to an aromatic ring is 1. The van der Waals surface area contributed by atoms with E-state index in [1.165, 1.54) is 0 Å². The summed E-state index contributed by atoms with van der Waals surface area (Å²) in [6.45, 7) is 9.04. The van der Waals surface area contributed by atoms with Crippen LogP contribution in [0.25, 0.3) is 0 Å². The van der Waals surface area contributed by atoms with E-state index in [1.807, 2.05) is 20.8 Å². The van der Waals surface area contributed by atoms with Crippen molar-refractivity contribution in [2.75, 3.05) is 38.5 Å². The lowest BCUT2D eigenvalue weighted by Gasteiger charge is -2.35. The molecule has 132 valence electrons. The summed E-state index contributed by atoms with van der Waals surface area (Å²) in [6.07, 6.45) is 0.189. The van der Waals surface area contributed by atoms with Gasteiger partial charge in [-0.05, 0) is 32.9 Å². The Balaban J connectivity index is 1.75. The minimum absolute atomic E-state index is 0.0943. The van der Waals surface area contributed by atoms with Gasteiger partial charge in [0, 0.05) is 50.4 Å². The summed E-state index contributed by atoms with van der Waals surface area (Å²) < 4.78 is 5.38. The number of carbonyl (C=O) groups is 2. The molecule has 1 aliphatic heterocycles. The number of benzene rings is 1. The smallest absolute Gasteiger partial charge is 0.410 e. The molecule has 2 rings (SSSR count). The Labute approximate surface area is 143 Å². The van der Waals surface area contributed by atoms with Gasteiger partial charge in [0.1, 0.15) is 5.60 Å². The third kappa shape index (κ3) is 5.53. The van der Waals surface area contributed by atoms with E-state index in [-0.39, 0.29) is 11.9 Å².